The first-order valence-corrected chi connectivity index (χ1v) is 4.88. The summed E-state index contributed by atoms with van der Waals surface area (Å²) in [6.45, 7) is 3.91. The lowest BCUT2D eigenvalue weighted by Crippen LogP contribution is -2.20. The van der Waals surface area contributed by atoms with Gasteiger partial charge in [-0.3, -0.25) is 0 Å². The number of nitrogens with zero attached hydrogens (tertiary/aromatic N) is 3. The first kappa shape index (κ1) is 12.9. The molecule has 0 N–H and O–H groups in total. The third kappa shape index (κ3) is 2.70. The fraction of sp³-hybridized carbons (Fsp3) is 0.778. The minimum Gasteiger partial charge on any atom is -0.246 e. The van der Waals surface area contributed by atoms with Crippen LogP contribution in [-0.2, 0) is 12.7 Å². The molecule has 1 unspecified atom stereocenters. The van der Waals surface area contributed by atoms with Crippen molar-refractivity contribution in [2.24, 2.45) is 0 Å². The second kappa shape index (κ2) is 4.39. The van der Waals surface area contributed by atoms with Crippen molar-refractivity contribution in [2.45, 2.75) is 45.6 Å². The highest BCUT2D eigenvalue weighted by Crippen LogP contribution is 2.34. The predicted octanol–water partition coefficient (Wildman–Crippen LogP) is 2.78. The van der Waals surface area contributed by atoms with Crippen molar-refractivity contribution >= 4 is 0 Å². The van der Waals surface area contributed by atoms with Crippen LogP contribution in [0.5, 0.6) is 0 Å². The van der Waals surface area contributed by atoms with Crippen LogP contribution in [0.15, 0.2) is 0 Å². The van der Waals surface area contributed by atoms with Crippen molar-refractivity contribution in [3.63, 3.8) is 0 Å². The molecule has 0 saturated heterocycles. The van der Waals surface area contributed by atoms with Crippen LogP contribution in [0, 0.1) is 0 Å². The maximum Gasteiger partial charge on any atom is 0.434 e. The first-order chi connectivity index (χ1) is 7.23. The van der Waals surface area contributed by atoms with E-state index in [-0.39, 0.29) is 5.69 Å². The molecule has 1 heterocycles. The van der Waals surface area contributed by atoms with E-state index in [1.807, 2.05) is 0 Å². The van der Waals surface area contributed by atoms with Gasteiger partial charge in [0.15, 0.2) is 5.69 Å². The maximum absolute atomic E-state index is 12.7. The van der Waals surface area contributed by atoms with E-state index in [0.29, 0.717) is 4.68 Å². The molecule has 0 bridgehead atoms. The van der Waals surface area contributed by atoms with E-state index < -0.39 is 30.5 Å². The number of rotatable bonds is 3. The smallest absolute Gasteiger partial charge is 0.246 e. The van der Waals surface area contributed by atoms with E-state index in [4.69, 9.17) is 0 Å². The summed E-state index contributed by atoms with van der Waals surface area (Å²) in [5.74, 6) is -0.403. The summed E-state index contributed by atoms with van der Waals surface area (Å²) >= 11 is 0. The third-order valence-corrected chi connectivity index (χ3v) is 2.00. The Morgan fingerprint density at radius 1 is 1.25 bits per heavy atom. The molecule has 0 saturated carbocycles. The molecule has 0 aromatic carbocycles. The number of hydrogen-bond acceptors (Lipinski definition) is 2. The van der Waals surface area contributed by atoms with E-state index in [9.17, 15) is 17.6 Å². The van der Waals surface area contributed by atoms with Gasteiger partial charge in [0.05, 0.1) is 12.2 Å². The maximum atomic E-state index is 12.7. The van der Waals surface area contributed by atoms with Gasteiger partial charge in [0.1, 0.15) is 6.17 Å². The fourth-order valence-corrected chi connectivity index (χ4v) is 1.37. The summed E-state index contributed by atoms with van der Waals surface area (Å²) in [6.07, 6.45) is -5.96. The predicted molar refractivity (Wildman–Crippen MR) is 49.7 cm³/mol. The van der Waals surface area contributed by atoms with Crippen LogP contribution in [0.25, 0.3) is 0 Å². The Morgan fingerprint density at radius 2 is 1.81 bits per heavy atom. The third-order valence-electron chi connectivity index (χ3n) is 2.00. The van der Waals surface area contributed by atoms with Crippen molar-refractivity contribution in [3.8, 4) is 0 Å². The van der Waals surface area contributed by atoms with Crippen LogP contribution < -0.4 is 0 Å². The van der Waals surface area contributed by atoms with Crippen LogP contribution in [-0.4, -0.2) is 21.2 Å². The van der Waals surface area contributed by atoms with Gasteiger partial charge in [0.25, 0.3) is 0 Å². The summed E-state index contributed by atoms with van der Waals surface area (Å²) in [5.41, 5.74) is -1.10. The second-order valence-electron chi connectivity index (χ2n) is 3.94. The largest absolute Gasteiger partial charge is 0.434 e. The number of hydrogen-bond donors (Lipinski definition) is 0. The average Bonchev–Trinajstić information content (AvgIpc) is 2.45. The summed E-state index contributed by atoms with van der Waals surface area (Å²) in [6, 6.07) is 0. The van der Waals surface area contributed by atoms with Crippen LogP contribution in [0.3, 0.4) is 0 Å². The van der Waals surface area contributed by atoms with Crippen LogP contribution in [0.1, 0.15) is 38.1 Å². The van der Waals surface area contributed by atoms with Crippen molar-refractivity contribution < 1.29 is 17.6 Å². The van der Waals surface area contributed by atoms with E-state index in [0.717, 1.165) is 0 Å². The Balaban J connectivity index is 3.20. The highest BCUT2D eigenvalue weighted by Gasteiger charge is 2.40. The molecule has 0 amide bonds. The molecular weight excluding hydrogens is 226 g/mol. The average molecular weight is 239 g/mol. The highest BCUT2D eigenvalue weighted by molar-refractivity contribution is 5.17. The molecule has 0 aliphatic heterocycles. The summed E-state index contributed by atoms with van der Waals surface area (Å²) in [5, 5.41) is 6.81. The molecule has 0 radical (unpaired) electrons. The lowest BCUT2D eigenvalue weighted by molar-refractivity contribution is -0.145. The van der Waals surface area contributed by atoms with Gasteiger partial charge in [-0.15, -0.1) is 5.10 Å². The van der Waals surface area contributed by atoms with Crippen LogP contribution in [0.2, 0.25) is 0 Å². The van der Waals surface area contributed by atoms with Crippen molar-refractivity contribution in [1.82, 2.24) is 15.0 Å². The van der Waals surface area contributed by atoms with E-state index in [2.05, 4.69) is 10.3 Å². The van der Waals surface area contributed by atoms with Gasteiger partial charge in [-0.25, -0.2) is 9.07 Å². The molecule has 0 spiro atoms. The Labute approximate surface area is 90.4 Å². The van der Waals surface area contributed by atoms with Crippen molar-refractivity contribution in [3.05, 3.63) is 11.4 Å². The standard InChI is InChI=1S/C9H13F4N3/c1-5(2)7-8(9(11,12)13)16(15-14-7)4-6(3)10/h5-6H,4H2,1-3H3. The summed E-state index contributed by atoms with van der Waals surface area (Å²) in [7, 11) is 0. The Bertz CT molecular complexity index is 354. The van der Waals surface area contributed by atoms with Crippen LogP contribution in [0.4, 0.5) is 17.6 Å². The molecule has 1 aromatic heterocycles. The summed E-state index contributed by atoms with van der Waals surface area (Å²) in [4.78, 5) is 0. The monoisotopic (exact) mass is 239 g/mol. The molecule has 16 heavy (non-hydrogen) atoms. The van der Waals surface area contributed by atoms with Gasteiger partial charge in [0.2, 0.25) is 0 Å². The molecule has 3 nitrogen and oxygen atoms in total. The number of alkyl halides is 4. The molecule has 0 aliphatic carbocycles. The molecule has 1 rings (SSSR count). The summed E-state index contributed by atoms with van der Waals surface area (Å²) < 4.78 is 51.5. The highest BCUT2D eigenvalue weighted by atomic mass is 19.4. The van der Waals surface area contributed by atoms with E-state index in [1.54, 1.807) is 13.8 Å². The van der Waals surface area contributed by atoms with Gasteiger partial charge in [-0.2, -0.15) is 13.2 Å². The Morgan fingerprint density at radius 3 is 2.19 bits per heavy atom. The number of halogens is 4. The van der Waals surface area contributed by atoms with Crippen molar-refractivity contribution in [2.75, 3.05) is 0 Å². The first-order valence-electron chi connectivity index (χ1n) is 4.88. The lowest BCUT2D eigenvalue weighted by atomic mass is 10.1. The minimum atomic E-state index is -4.56. The molecule has 0 fully saturated rings. The zero-order valence-electron chi connectivity index (χ0n) is 9.22. The SMILES string of the molecule is CC(F)Cn1nnc(C(C)C)c1C(F)(F)F. The quantitative estimate of drug-likeness (QED) is 0.759. The molecule has 0 aliphatic rings. The topological polar surface area (TPSA) is 30.7 Å². The van der Waals surface area contributed by atoms with Gasteiger partial charge in [-0.05, 0) is 12.8 Å². The molecule has 1 atom stereocenters. The van der Waals surface area contributed by atoms with E-state index in [1.165, 1.54) is 6.92 Å². The molecular formula is C9H13F4N3. The zero-order chi connectivity index (χ0) is 12.5. The number of aromatic nitrogens is 3. The van der Waals surface area contributed by atoms with Gasteiger partial charge in [-0.1, -0.05) is 19.1 Å². The minimum absolute atomic E-state index is 0.145. The molecule has 7 heteroatoms. The van der Waals surface area contributed by atoms with Gasteiger partial charge < -0.3 is 0 Å². The Kier molecular flexibility index (Phi) is 3.54. The van der Waals surface area contributed by atoms with E-state index >= 15 is 0 Å². The van der Waals surface area contributed by atoms with Crippen molar-refractivity contribution in [1.29, 1.82) is 0 Å². The molecule has 1 aromatic rings. The van der Waals surface area contributed by atoms with Gasteiger partial charge >= 0.3 is 6.18 Å². The fourth-order valence-electron chi connectivity index (χ4n) is 1.37. The lowest BCUT2D eigenvalue weighted by Gasteiger charge is -2.12. The Hall–Kier alpha value is -1.14. The molecule has 92 valence electrons. The second-order valence-corrected chi connectivity index (χ2v) is 3.94. The van der Waals surface area contributed by atoms with Gasteiger partial charge in [0, 0.05) is 0 Å². The normalized spacial score (nSPS) is 14.5. The zero-order valence-corrected chi connectivity index (χ0v) is 9.22. The van der Waals surface area contributed by atoms with Crippen LogP contribution >= 0.6 is 0 Å².